The summed E-state index contributed by atoms with van der Waals surface area (Å²) in [5.74, 6) is 0.286. The number of carbonyl (C=O) groups is 1. The molecule has 3 heteroatoms. The Kier molecular flexibility index (Phi) is 3.94. The lowest BCUT2D eigenvalue weighted by Gasteiger charge is -2.13. The third-order valence-corrected chi connectivity index (χ3v) is 3.07. The molecule has 0 bridgehead atoms. The molecule has 1 N–H and O–H groups in total. The van der Waals surface area contributed by atoms with Gasteiger partial charge in [0.05, 0.1) is 0 Å². The van der Waals surface area contributed by atoms with E-state index in [2.05, 4.69) is 0 Å². The fraction of sp³-hybridized carbons (Fsp3) is 0.357. The summed E-state index contributed by atoms with van der Waals surface area (Å²) in [5.41, 5.74) is 1.03. The van der Waals surface area contributed by atoms with Crippen LogP contribution in [0.1, 0.15) is 12.0 Å². The predicted molar refractivity (Wildman–Crippen MR) is 67.2 cm³/mol. The molecule has 1 atom stereocenters. The Balaban J connectivity index is 1.92. The van der Waals surface area contributed by atoms with Crippen LogP contribution in [0, 0.1) is 5.92 Å². The lowest BCUT2D eigenvalue weighted by Crippen LogP contribution is -2.27. The van der Waals surface area contributed by atoms with Gasteiger partial charge >= 0.3 is 0 Å². The Bertz CT molecular complexity index is 400. The van der Waals surface area contributed by atoms with Crippen molar-refractivity contribution in [3.63, 3.8) is 0 Å². The highest BCUT2D eigenvalue weighted by atomic mass is 16.3. The van der Waals surface area contributed by atoms with Gasteiger partial charge in [-0.1, -0.05) is 30.3 Å². The number of aliphatic hydroxyl groups is 1. The molecule has 1 amide bonds. The molecule has 1 saturated heterocycles. The minimum atomic E-state index is 0.0322. The number of hydrogen-bond donors (Lipinski definition) is 1. The van der Waals surface area contributed by atoms with Gasteiger partial charge in [0.15, 0.2) is 0 Å². The normalized spacial score (nSPS) is 20.1. The summed E-state index contributed by atoms with van der Waals surface area (Å²) < 4.78 is 0. The van der Waals surface area contributed by atoms with E-state index in [1.807, 2.05) is 36.4 Å². The molecule has 0 unspecified atom stereocenters. The maximum Gasteiger partial charge on any atom is 0.246 e. The third kappa shape index (κ3) is 3.17. The molecule has 2 rings (SSSR count). The van der Waals surface area contributed by atoms with Crippen molar-refractivity contribution in [1.82, 2.24) is 4.90 Å². The third-order valence-electron chi connectivity index (χ3n) is 3.07. The Morgan fingerprint density at radius 2 is 2.18 bits per heavy atom. The molecular weight excluding hydrogens is 214 g/mol. The lowest BCUT2D eigenvalue weighted by molar-refractivity contribution is -0.125. The molecule has 90 valence electrons. The number of aliphatic hydroxyl groups excluding tert-OH is 1. The van der Waals surface area contributed by atoms with Crippen LogP contribution in [0.4, 0.5) is 0 Å². The van der Waals surface area contributed by atoms with Gasteiger partial charge in [0.2, 0.25) is 5.91 Å². The van der Waals surface area contributed by atoms with Crippen LogP contribution in [-0.2, 0) is 4.79 Å². The molecule has 0 aromatic heterocycles. The van der Waals surface area contributed by atoms with E-state index < -0.39 is 0 Å². The Morgan fingerprint density at radius 3 is 2.82 bits per heavy atom. The van der Waals surface area contributed by atoms with Gasteiger partial charge in [0.25, 0.3) is 0 Å². The van der Waals surface area contributed by atoms with E-state index in [1.54, 1.807) is 11.0 Å². The van der Waals surface area contributed by atoms with Crippen LogP contribution in [0.5, 0.6) is 0 Å². The first-order valence-electron chi connectivity index (χ1n) is 5.92. The zero-order valence-electron chi connectivity index (χ0n) is 9.75. The highest BCUT2D eigenvalue weighted by Gasteiger charge is 2.23. The van der Waals surface area contributed by atoms with E-state index in [0.29, 0.717) is 6.54 Å². The average molecular weight is 231 g/mol. The summed E-state index contributed by atoms with van der Waals surface area (Å²) in [7, 11) is 0. The van der Waals surface area contributed by atoms with E-state index >= 15 is 0 Å². The van der Waals surface area contributed by atoms with Crippen LogP contribution in [0.25, 0.3) is 6.08 Å². The fourth-order valence-electron chi connectivity index (χ4n) is 2.02. The fourth-order valence-corrected chi connectivity index (χ4v) is 2.02. The molecule has 1 aromatic rings. The van der Waals surface area contributed by atoms with Crippen molar-refractivity contribution in [3.8, 4) is 0 Å². The van der Waals surface area contributed by atoms with Crippen LogP contribution in [0.2, 0.25) is 0 Å². The highest BCUT2D eigenvalue weighted by Crippen LogP contribution is 2.15. The average Bonchev–Trinajstić information content (AvgIpc) is 2.86. The summed E-state index contributed by atoms with van der Waals surface area (Å²) in [4.78, 5) is 13.6. The maximum absolute atomic E-state index is 11.8. The Morgan fingerprint density at radius 1 is 1.41 bits per heavy atom. The highest BCUT2D eigenvalue weighted by molar-refractivity contribution is 5.91. The van der Waals surface area contributed by atoms with Crippen LogP contribution in [0.3, 0.4) is 0 Å². The first-order chi connectivity index (χ1) is 8.29. The van der Waals surface area contributed by atoms with Crippen molar-refractivity contribution in [1.29, 1.82) is 0 Å². The van der Waals surface area contributed by atoms with Crippen LogP contribution >= 0.6 is 0 Å². The molecule has 0 radical (unpaired) electrons. The van der Waals surface area contributed by atoms with E-state index in [1.165, 1.54) is 0 Å². The van der Waals surface area contributed by atoms with Gasteiger partial charge in [-0.3, -0.25) is 4.79 Å². The minimum Gasteiger partial charge on any atom is -0.396 e. The molecule has 0 aliphatic carbocycles. The van der Waals surface area contributed by atoms with Gasteiger partial charge in [0, 0.05) is 31.7 Å². The predicted octanol–water partition coefficient (Wildman–Crippen LogP) is 1.54. The molecule has 0 spiro atoms. The number of rotatable bonds is 3. The lowest BCUT2D eigenvalue weighted by atomic mass is 10.1. The number of likely N-dealkylation sites (tertiary alicyclic amines) is 1. The summed E-state index contributed by atoms with van der Waals surface area (Å²) in [6.45, 7) is 1.60. The van der Waals surface area contributed by atoms with Crippen molar-refractivity contribution in [2.75, 3.05) is 19.7 Å². The van der Waals surface area contributed by atoms with Crippen LogP contribution < -0.4 is 0 Å². The van der Waals surface area contributed by atoms with Gasteiger partial charge in [-0.2, -0.15) is 0 Å². The van der Waals surface area contributed by atoms with Gasteiger partial charge in [-0.05, 0) is 18.1 Å². The largest absolute Gasteiger partial charge is 0.396 e. The number of amides is 1. The summed E-state index contributed by atoms with van der Waals surface area (Å²) in [5, 5.41) is 9.02. The topological polar surface area (TPSA) is 40.5 Å². The zero-order valence-corrected chi connectivity index (χ0v) is 9.75. The Hall–Kier alpha value is -1.61. The molecule has 1 fully saturated rings. The molecule has 1 aliphatic rings. The number of carbonyl (C=O) groups excluding carboxylic acids is 1. The van der Waals surface area contributed by atoms with E-state index in [4.69, 9.17) is 5.11 Å². The van der Waals surface area contributed by atoms with Gasteiger partial charge in [-0.15, -0.1) is 0 Å². The second-order valence-corrected chi connectivity index (χ2v) is 4.37. The van der Waals surface area contributed by atoms with Crippen molar-refractivity contribution in [2.24, 2.45) is 5.92 Å². The van der Waals surface area contributed by atoms with Gasteiger partial charge < -0.3 is 10.0 Å². The SMILES string of the molecule is O=C(/C=C/c1ccccc1)N1CC[C@@H](CO)C1. The van der Waals surface area contributed by atoms with Gasteiger partial charge in [-0.25, -0.2) is 0 Å². The van der Waals surface area contributed by atoms with Crippen molar-refractivity contribution in [3.05, 3.63) is 42.0 Å². The number of hydrogen-bond acceptors (Lipinski definition) is 2. The second-order valence-electron chi connectivity index (χ2n) is 4.37. The standard InChI is InChI=1S/C14H17NO2/c16-11-13-8-9-15(10-13)14(17)7-6-12-4-2-1-3-5-12/h1-7,13,16H,8-11H2/b7-6+/t13-/m1/s1. The van der Waals surface area contributed by atoms with E-state index in [9.17, 15) is 4.79 Å². The van der Waals surface area contributed by atoms with Gasteiger partial charge in [0.1, 0.15) is 0 Å². The molecule has 17 heavy (non-hydrogen) atoms. The zero-order chi connectivity index (χ0) is 12.1. The monoisotopic (exact) mass is 231 g/mol. The van der Waals surface area contributed by atoms with Crippen LogP contribution in [-0.4, -0.2) is 35.6 Å². The quantitative estimate of drug-likeness (QED) is 0.802. The van der Waals surface area contributed by atoms with Crippen molar-refractivity contribution < 1.29 is 9.90 Å². The van der Waals surface area contributed by atoms with Crippen molar-refractivity contribution >= 4 is 12.0 Å². The maximum atomic E-state index is 11.8. The second kappa shape index (κ2) is 5.64. The molecule has 1 aromatic carbocycles. The molecule has 1 aliphatic heterocycles. The summed E-state index contributed by atoms with van der Waals surface area (Å²) >= 11 is 0. The molecule has 0 saturated carbocycles. The number of nitrogens with zero attached hydrogens (tertiary/aromatic N) is 1. The van der Waals surface area contributed by atoms with Crippen LogP contribution in [0.15, 0.2) is 36.4 Å². The first kappa shape index (κ1) is 11.9. The van der Waals surface area contributed by atoms with E-state index in [-0.39, 0.29) is 18.4 Å². The molecule has 1 heterocycles. The number of benzene rings is 1. The summed E-state index contributed by atoms with van der Waals surface area (Å²) in [6.07, 6.45) is 4.34. The minimum absolute atomic E-state index is 0.0322. The molecule has 3 nitrogen and oxygen atoms in total. The Labute approximate surface area is 101 Å². The van der Waals surface area contributed by atoms with Crippen molar-refractivity contribution in [2.45, 2.75) is 6.42 Å². The summed E-state index contributed by atoms with van der Waals surface area (Å²) in [6, 6.07) is 9.77. The van der Waals surface area contributed by atoms with E-state index in [0.717, 1.165) is 18.5 Å². The smallest absolute Gasteiger partial charge is 0.246 e. The first-order valence-corrected chi connectivity index (χ1v) is 5.92. The molecular formula is C14H17NO2.